The monoisotopic (exact) mass is 149 g/mol. The molecule has 1 N–H and O–H groups in total. The van der Waals surface area contributed by atoms with E-state index in [4.69, 9.17) is 0 Å². The molecule has 0 fully saturated rings. The third kappa shape index (κ3) is 1.89. The molecule has 1 rings (SSSR count). The Morgan fingerprint density at radius 1 is 1.45 bits per heavy atom. The number of H-pyrrole nitrogens is 1. The fourth-order valence-corrected chi connectivity index (χ4v) is 0.709. The number of aromatic nitrogens is 1. The van der Waals surface area contributed by atoms with Gasteiger partial charge in [0, 0.05) is 11.8 Å². The predicted octanol–water partition coefficient (Wildman–Crippen LogP) is 0.587. The van der Waals surface area contributed by atoms with Crippen LogP contribution in [0.5, 0.6) is 0 Å². The van der Waals surface area contributed by atoms with Gasteiger partial charge in [0.15, 0.2) is 0 Å². The maximum Gasteiger partial charge on any atom is 0.255 e. The molecule has 0 aliphatic heterocycles. The standard InChI is InChI=1S/C8H7NO2/c10-6-2-4-7-3-1-5-9-8(7)11/h1-6H,(H,9,11). The molecule has 1 aromatic heterocycles. The maximum absolute atomic E-state index is 10.9. The first-order valence-electron chi connectivity index (χ1n) is 3.14. The van der Waals surface area contributed by atoms with E-state index in [9.17, 15) is 9.59 Å². The van der Waals surface area contributed by atoms with Gasteiger partial charge < -0.3 is 4.98 Å². The lowest BCUT2D eigenvalue weighted by molar-refractivity contribution is -0.104. The number of hydrogen-bond acceptors (Lipinski definition) is 2. The highest BCUT2D eigenvalue weighted by atomic mass is 16.1. The zero-order valence-electron chi connectivity index (χ0n) is 5.78. The zero-order chi connectivity index (χ0) is 8.10. The Kier molecular flexibility index (Phi) is 2.38. The minimum atomic E-state index is -0.189. The molecule has 3 heteroatoms. The first-order valence-corrected chi connectivity index (χ1v) is 3.14. The third-order valence-corrected chi connectivity index (χ3v) is 1.20. The SMILES string of the molecule is O=CC=Cc1ccc[nH]c1=O. The molecule has 0 saturated heterocycles. The Bertz CT molecular complexity index is 325. The van der Waals surface area contributed by atoms with Gasteiger partial charge in [0.2, 0.25) is 0 Å². The van der Waals surface area contributed by atoms with Crippen molar-refractivity contribution >= 4 is 12.4 Å². The lowest BCUT2D eigenvalue weighted by Crippen LogP contribution is -2.06. The molecule has 0 radical (unpaired) electrons. The van der Waals surface area contributed by atoms with Gasteiger partial charge in [-0.2, -0.15) is 0 Å². The molecule has 1 heterocycles. The number of rotatable bonds is 2. The minimum Gasteiger partial charge on any atom is -0.329 e. The van der Waals surface area contributed by atoms with Gasteiger partial charge in [-0.25, -0.2) is 0 Å². The molecule has 3 nitrogen and oxygen atoms in total. The first kappa shape index (κ1) is 7.47. The molecule has 0 aromatic carbocycles. The van der Waals surface area contributed by atoms with Gasteiger partial charge in [-0.15, -0.1) is 0 Å². The quantitative estimate of drug-likeness (QED) is 0.494. The van der Waals surface area contributed by atoms with Gasteiger partial charge in [-0.1, -0.05) is 0 Å². The smallest absolute Gasteiger partial charge is 0.255 e. The normalized spacial score (nSPS) is 10.2. The summed E-state index contributed by atoms with van der Waals surface area (Å²) in [6, 6.07) is 3.34. The van der Waals surface area contributed by atoms with Crippen LogP contribution < -0.4 is 5.56 Å². The lowest BCUT2D eigenvalue weighted by Gasteiger charge is -1.86. The summed E-state index contributed by atoms with van der Waals surface area (Å²) in [5, 5.41) is 0. The molecule has 0 bridgehead atoms. The Balaban J connectivity index is 3.04. The van der Waals surface area contributed by atoms with Crippen LogP contribution in [0.4, 0.5) is 0 Å². The van der Waals surface area contributed by atoms with Crippen LogP contribution in [0.3, 0.4) is 0 Å². The van der Waals surface area contributed by atoms with E-state index in [-0.39, 0.29) is 5.56 Å². The Morgan fingerprint density at radius 3 is 2.91 bits per heavy atom. The summed E-state index contributed by atoms with van der Waals surface area (Å²) in [6.45, 7) is 0. The van der Waals surface area contributed by atoms with Crippen molar-refractivity contribution in [1.29, 1.82) is 0 Å². The second-order valence-corrected chi connectivity index (χ2v) is 1.95. The van der Waals surface area contributed by atoms with Crippen molar-refractivity contribution in [2.45, 2.75) is 0 Å². The summed E-state index contributed by atoms with van der Waals surface area (Å²) in [6.07, 6.45) is 4.92. The maximum atomic E-state index is 10.9. The topological polar surface area (TPSA) is 49.9 Å². The second-order valence-electron chi connectivity index (χ2n) is 1.95. The van der Waals surface area contributed by atoms with E-state index in [1.54, 1.807) is 18.3 Å². The number of allylic oxidation sites excluding steroid dienone is 1. The number of nitrogens with one attached hydrogen (secondary N) is 1. The predicted molar refractivity (Wildman–Crippen MR) is 42.2 cm³/mol. The van der Waals surface area contributed by atoms with E-state index in [1.165, 1.54) is 12.2 Å². The molecule has 0 saturated carbocycles. The Morgan fingerprint density at radius 2 is 2.27 bits per heavy atom. The molecule has 0 aliphatic carbocycles. The van der Waals surface area contributed by atoms with Crippen molar-refractivity contribution in [3.63, 3.8) is 0 Å². The zero-order valence-corrected chi connectivity index (χ0v) is 5.78. The summed E-state index contributed by atoms with van der Waals surface area (Å²) < 4.78 is 0. The molecule has 0 aliphatic rings. The highest BCUT2D eigenvalue weighted by Gasteiger charge is 1.89. The van der Waals surface area contributed by atoms with E-state index in [0.29, 0.717) is 11.8 Å². The van der Waals surface area contributed by atoms with E-state index in [0.717, 1.165) is 0 Å². The van der Waals surface area contributed by atoms with Crippen LogP contribution in [0.25, 0.3) is 6.08 Å². The number of pyridine rings is 1. The Labute approximate surface area is 63.4 Å². The summed E-state index contributed by atoms with van der Waals surface area (Å²) >= 11 is 0. The van der Waals surface area contributed by atoms with Gasteiger partial charge in [0.05, 0.1) is 0 Å². The van der Waals surface area contributed by atoms with E-state index in [2.05, 4.69) is 4.98 Å². The highest BCUT2D eigenvalue weighted by Crippen LogP contribution is 1.90. The fourth-order valence-electron chi connectivity index (χ4n) is 0.709. The average Bonchev–Trinajstić information content (AvgIpc) is 2.03. The molecule has 0 spiro atoms. The van der Waals surface area contributed by atoms with E-state index < -0.39 is 0 Å². The molecular weight excluding hydrogens is 142 g/mol. The van der Waals surface area contributed by atoms with Gasteiger partial charge in [-0.05, 0) is 24.3 Å². The van der Waals surface area contributed by atoms with E-state index >= 15 is 0 Å². The van der Waals surface area contributed by atoms with E-state index in [1.807, 2.05) is 0 Å². The van der Waals surface area contributed by atoms with Crippen LogP contribution in [0.1, 0.15) is 5.56 Å². The lowest BCUT2D eigenvalue weighted by atomic mass is 10.2. The molecule has 0 atom stereocenters. The molecule has 0 amide bonds. The van der Waals surface area contributed by atoms with Gasteiger partial charge in [0.25, 0.3) is 5.56 Å². The van der Waals surface area contributed by atoms with Gasteiger partial charge >= 0.3 is 0 Å². The van der Waals surface area contributed by atoms with Crippen LogP contribution in [0.15, 0.2) is 29.2 Å². The van der Waals surface area contributed by atoms with Gasteiger partial charge in [-0.3, -0.25) is 9.59 Å². The number of carbonyl (C=O) groups excluding carboxylic acids is 1. The summed E-state index contributed by atoms with van der Waals surface area (Å²) in [4.78, 5) is 23.3. The summed E-state index contributed by atoms with van der Waals surface area (Å²) in [7, 11) is 0. The van der Waals surface area contributed by atoms with Crippen LogP contribution in [0.2, 0.25) is 0 Å². The average molecular weight is 149 g/mol. The summed E-state index contributed by atoms with van der Waals surface area (Å²) in [5.74, 6) is 0. The minimum absolute atomic E-state index is 0.189. The third-order valence-electron chi connectivity index (χ3n) is 1.20. The Hall–Kier alpha value is -1.64. The largest absolute Gasteiger partial charge is 0.329 e. The van der Waals surface area contributed by atoms with Crippen LogP contribution in [0, 0.1) is 0 Å². The molecule has 1 aromatic rings. The number of hydrogen-bond donors (Lipinski definition) is 1. The van der Waals surface area contributed by atoms with Crippen LogP contribution >= 0.6 is 0 Å². The van der Waals surface area contributed by atoms with Crippen LogP contribution in [-0.4, -0.2) is 11.3 Å². The summed E-state index contributed by atoms with van der Waals surface area (Å²) in [5.41, 5.74) is 0.296. The molecule has 0 unspecified atom stereocenters. The highest BCUT2D eigenvalue weighted by molar-refractivity contribution is 5.73. The fraction of sp³-hybridized carbons (Fsp3) is 0. The van der Waals surface area contributed by atoms with Crippen LogP contribution in [-0.2, 0) is 4.79 Å². The number of carbonyl (C=O) groups is 1. The molecular formula is C8H7NO2. The van der Waals surface area contributed by atoms with Crippen molar-refractivity contribution in [1.82, 2.24) is 4.98 Å². The number of aromatic amines is 1. The van der Waals surface area contributed by atoms with Crippen molar-refractivity contribution in [2.75, 3.05) is 0 Å². The number of aldehydes is 1. The van der Waals surface area contributed by atoms with Crippen molar-refractivity contribution < 1.29 is 4.79 Å². The molecule has 11 heavy (non-hydrogen) atoms. The second kappa shape index (κ2) is 3.51. The first-order chi connectivity index (χ1) is 5.34. The van der Waals surface area contributed by atoms with Gasteiger partial charge in [0.1, 0.15) is 6.29 Å². The van der Waals surface area contributed by atoms with Crippen molar-refractivity contribution in [3.8, 4) is 0 Å². The van der Waals surface area contributed by atoms with Crippen molar-refractivity contribution in [2.24, 2.45) is 0 Å². The van der Waals surface area contributed by atoms with Crippen molar-refractivity contribution in [3.05, 3.63) is 40.3 Å². The molecule has 56 valence electrons.